The lowest BCUT2D eigenvalue weighted by atomic mass is 9.88. The monoisotopic (exact) mass is 323 g/mol. The maximum absolute atomic E-state index is 6.45. The summed E-state index contributed by atoms with van der Waals surface area (Å²) in [5.74, 6) is 0. The molecule has 0 bridgehead atoms. The maximum atomic E-state index is 6.45. The van der Waals surface area contributed by atoms with Crippen LogP contribution >= 0.6 is 27.3 Å². The second kappa shape index (κ2) is 5.16. The Bertz CT molecular complexity index is 560. The van der Waals surface area contributed by atoms with Crippen LogP contribution in [-0.2, 0) is 0 Å². The molecule has 3 heteroatoms. The van der Waals surface area contributed by atoms with Gasteiger partial charge in [0.1, 0.15) is 0 Å². The number of rotatable bonds is 2. The van der Waals surface area contributed by atoms with Crippen LogP contribution in [0.4, 0.5) is 0 Å². The molecule has 0 aliphatic heterocycles. The summed E-state index contributed by atoms with van der Waals surface area (Å²) in [7, 11) is 0. The largest absolute Gasteiger partial charge is 0.320 e. The molecule has 0 amide bonds. The highest BCUT2D eigenvalue weighted by Gasteiger charge is 2.17. The van der Waals surface area contributed by atoms with Crippen LogP contribution in [0.15, 0.2) is 21.3 Å². The average Bonchev–Trinajstić information content (AvgIpc) is 2.73. The summed E-state index contributed by atoms with van der Waals surface area (Å²) < 4.78 is 1.13. The van der Waals surface area contributed by atoms with Crippen LogP contribution in [0.25, 0.3) is 0 Å². The number of thiophene rings is 1. The van der Waals surface area contributed by atoms with Crippen LogP contribution in [-0.4, -0.2) is 0 Å². The number of benzene rings is 1. The zero-order valence-electron chi connectivity index (χ0n) is 11.2. The molecule has 0 spiro atoms. The second-order valence-corrected chi connectivity index (χ2v) is 7.13. The number of nitrogens with two attached hydrogens (primary N) is 1. The highest BCUT2D eigenvalue weighted by Crippen LogP contribution is 2.33. The van der Waals surface area contributed by atoms with Crippen molar-refractivity contribution in [3.8, 4) is 0 Å². The molecule has 2 aromatic rings. The van der Waals surface area contributed by atoms with E-state index in [1.54, 1.807) is 11.3 Å². The Morgan fingerprint density at radius 3 is 2.06 bits per heavy atom. The van der Waals surface area contributed by atoms with E-state index in [0.717, 1.165) is 3.79 Å². The third-order valence-electron chi connectivity index (χ3n) is 3.68. The van der Waals surface area contributed by atoms with E-state index in [9.17, 15) is 0 Å². The molecule has 1 aromatic carbocycles. The van der Waals surface area contributed by atoms with Crippen LogP contribution < -0.4 is 5.73 Å². The van der Waals surface area contributed by atoms with E-state index in [4.69, 9.17) is 5.73 Å². The number of hydrogen-bond acceptors (Lipinski definition) is 2. The molecule has 0 saturated heterocycles. The molecule has 1 heterocycles. The smallest absolute Gasteiger partial charge is 0.0701 e. The van der Waals surface area contributed by atoms with Crippen molar-refractivity contribution in [3.05, 3.63) is 54.7 Å². The zero-order chi connectivity index (χ0) is 13.4. The molecule has 1 unspecified atom stereocenters. The van der Waals surface area contributed by atoms with Gasteiger partial charge in [-0.2, -0.15) is 0 Å². The van der Waals surface area contributed by atoms with Gasteiger partial charge in [0.05, 0.1) is 9.83 Å². The first-order valence-corrected chi connectivity index (χ1v) is 7.66. The van der Waals surface area contributed by atoms with Crippen molar-refractivity contribution >= 4 is 27.3 Å². The molecular formula is C15H18BrNS. The van der Waals surface area contributed by atoms with Crippen LogP contribution in [0.3, 0.4) is 0 Å². The maximum Gasteiger partial charge on any atom is 0.0701 e. The van der Waals surface area contributed by atoms with E-state index >= 15 is 0 Å². The van der Waals surface area contributed by atoms with Gasteiger partial charge in [-0.3, -0.25) is 0 Å². The van der Waals surface area contributed by atoms with Crippen molar-refractivity contribution in [3.63, 3.8) is 0 Å². The zero-order valence-corrected chi connectivity index (χ0v) is 13.6. The van der Waals surface area contributed by atoms with E-state index in [2.05, 4.69) is 61.1 Å². The van der Waals surface area contributed by atoms with Crippen molar-refractivity contribution in [2.75, 3.05) is 0 Å². The molecule has 96 valence electrons. The average molecular weight is 324 g/mol. The predicted molar refractivity (Wildman–Crippen MR) is 83.4 cm³/mol. The molecule has 18 heavy (non-hydrogen) atoms. The fourth-order valence-corrected chi connectivity index (χ4v) is 3.58. The fourth-order valence-electron chi connectivity index (χ4n) is 2.37. The second-order valence-electron chi connectivity index (χ2n) is 4.84. The van der Waals surface area contributed by atoms with Crippen LogP contribution in [0.2, 0.25) is 0 Å². The minimum absolute atomic E-state index is 0.0360. The van der Waals surface area contributed by atoms with E-state index < -0.39 is 0 Å². The first-order chi connectivity index (χ1) is 8.41. The van der Waals surface area contributed by atoms with Crippen molar-refractivity contribution in [2.45, 2.75) is 33.7 Å². The molecule has 0 saturated carbocycles. The minimum Gasteiger partial charge on any atom is -0.320 e. The van der Waals surface area contributed by atoms with E-state index in [1.807, 2.05) is 0 Å². The third-order valence-corrected chi connectivity index (χ3v) is 5.20. The van der Waals surface area contributed by atoms with Gasteiger partial charge in [0, 0.05) is 0 Å². The lowest BCUT2D eigenvalue weighted by Crippen LogP contribution is -2.15. The van der Waals surface area contributed by atoms with Gasteiger partial charge in [-0.25, -0.2) is 0 Å². The van der Waals surface area contributed by atoms with Crippen molar-refractivity contribution < 1.29 is 0 Å². The number of aryl methyl sites for hydroxylation is 2. The Morgan fingerprint density at radius 2 is 1.61 bits per heavy atom. The van der Waals surface area contributed by atoms with Crippen LogP contribution in [0.1, 0.15) is 39.4 Å². The number of hydrogen-bond donors (Lipinski definition) is 1. The standard InChI is InChI=1S/C15H18BrNS/c1-8-5-9(2)11(4)14(10(8)3)15(17)12-6-13(16)18-7-12/h5-7,15H,17H2,1-4H3. The molecule has 0 aliphatic rings. The Labute approximate surface area is 121 Å². The molecular weight excluding hydrogens is 306 g/mol. The van der Waals surface area contributed by atoms with Gasteiger partial charge in [-0.1, -0.05) is 6.07 Å². The lowest BCUT2D eigenvalue weighted by molar-refractivity contribution is 0.849. The topological polar surface area (TPSA) is 26.0 Å². The van der Waals surface area contributed by atoms with Crippen molar-refractivity contribution in [1.29, 1.82) is 0 Å². The summed E-state index contributed by atoms with van der Waals surface area (Å²) in [6.45, 7) is 8.64. The van der Waals surface area contributed by atoms with Gasteiger partial charge in [0.2, 0.25) is 0 Å². The normalized spacial score (nSPS) is 12.8. The van der Waals surface area contributed by atoms with E-state index in [1.165, 1.54) is 33.4 Å². The van der Waals surface area contributed by atoms with Crippen molar-refractivity contribution in [1.82, 2.24) is 0 Å². The first-order valence-electron chi connectivity index (χ1n) is 5.98. The number of halogens is 1. The van der Waals surface area contributed by atoms with Gasteiger partial charge in [-0.15, -0.1) is 11.3 Å². The predicted octanol–water partition coefficient (Wildman–Crippen LogP) is 4.79. The molecule has 0 radical (unpaired) electrons. The third kappa shape index (κ3) is 2.40. The first kappa shape index (κ1) is 13.8. The highest BCUT2D eigenvalue weighted by molar-refractivity contribution is 9.11. The lowest BCUT2D eigenvalue weighted by Gasteiger charge is -2.20. The molecule has 0 aliphatic carbocycles. The Balaban J connectivity index is 2.57. The van der Waals surface area contributed by atoms with E-state index in [0.29, 0.717) is 0 Å². The molecule has 1 nitrogen and oxygen atoms in total. The Morgan fingerprint density at radius 1 is 1.06 bits per heavy atom. The van der Waals surface area contributed by atoms with Gasteiger partial charge >= 0.3 is 0 Å². The van der Waals surface area contributed by atoms with Crippen LogP contribution in [0, 0.1) is 27.7 Å². The highest BCUT2D eigenvalue weighted by atomic mass is 79.9. The summed E-state index contributed by atoms with van der Waals surface area (Å²) in [5.41, 5.74) is 14.2. The summed E-state index contributed by atoms with van der Waals surface area (Å²) in [4.78, 5) is 0. The molecule has 2 rings (SSSR count). The molecule has 0 fully saturated rings. The van der Waals surface area contributed by atoms with Crippen molar-refractivity contribution in [2.24, 2.45) is 5.73 Å². The molecule has 1 atom stereocenters. The fraction of sp³-hybridized carbons (Fsp3) is 0.333. The van der Waals surface area contributed by atoms with E-state index in [-0.39, 0.29) is 6.04 Å². The molecule has 1 aromatic heterocycles. The SMILES string of the molecule is Cc1cc(C)c(C)c(C(N)c2csc(Br)c2)c1C. The van der Waals surface area contributed by atoms with Gasteiger partial charge < -0.3 is 5.73 Å². The Kier molecular flexibility index (Phi) is 3.95. The van der Waals surface area contributed by atoms with Crippen LogP contribution in [0.5, 0.6) is 0 Å². The van der Waals surface area contributed by atoms with Gasteiger partial charge in [0.25, 0.3) is 0 Å². The molecule has 2 N–H and O–H groups in total. The van der Waals surface area contributed by atoms with Gasteiger partial charge in [-0.05, 0) is 88.5 Å². The summed E-state index contributed by atoms with van der Waals surface area (Å²) in [5, 5.41) is 2.13. The summed E-state index contributed by atoms with van der Waals surface area (Å²) >= 11 is 5.19. The minimum atomic E-state index is -0.0360. The quantitative estimate of drug-likeness (QED) is 0.844. The summed E-state index contributed by atoms with van der Waals surface area (Å²) in [6, 6.07) is 4.32. The van der Waals surface area contributed by atoms with Gasteiger partial charge in [0.15, 0.2) is 0 Å². The Hall–Kier alpha value is -0.640. The summed E-state index contributed by atoms with van der Waals surface area (Å²) in [6.07, 6.45) is 0.